The molecule has 1 aliphatic heterocycles. The number of para-hydroxylation sites is 1. The van der Waals surface area contributed by atoms with Crippen LogP contribution in [-0.4, -0.2) is 176 Å². The predicted octanol–water partition coefficient (Wildman–Crippen LogP) is 6.37. The van der Waals surface area contributed by atoms with Crippen molar-refractivity contribution in [3.8, 4) is 0 Å². The van der Waals surface area contributed by atoms with Gasteiger partial charge in [-0.1, -0.05) is 129 Å². The highest BCUT2D eigenvalue weighted by atomic mass is 16.5. The van der Waals surface area contributed by atoms with Gasteiger partial charge in [0.2, 0.25) is 41.4 Å². The number of primary amides is 1. The number of nitrogens with two attached hydrogens (primary N) is 1. The van der Waals surface area contributed by atoms with E-state index in [9.17, 15) is 43.2 Å². The summed E-state index contributed by atoms with van der Waals surface area (Å²) in [4.78, 5) is 134. The topological polar surface area (TPSA) is 314 Å². The molecule has 9 N–H and O–H groups in total. The Morgan fingerprint density at radius 2 is 1.32 bits per heavy atom. The van der Waals surface area contributed by atoms with E-state index in [4.69, 9.17) is 19.9 Å². The Morgan fingerprint density at radius 1 is 0.685 bits per heavy atom. The fourth-order valence-electron chi connectivity index (χ4n) is 12.0. The summed E-state index contributed by atoms with van der Waals surface area (Å²) in [5.74, 6) is -4.75. The third-order valence-corrected chi connectivity index (χ3v) is 17.1. The van der Waals surface area contributed by atoms with E-state index in [1.807, 2.05) is 103 Å². The van der Waals surface area contributed by atoms with E-state index in [0.717, 1.165) is 16.5 Å². The third-order valence-electron chi connectivity index (χ3n) is 17.1. The van der Waals surface area contributed by atoms with Crippen LogP contribution in [0.4, 0.5) is 21.0 Å². The number of carbonyl (C=O) groups excluding carboxylic acids is 9. The van der Waals surface area contributed by atoms with Gasteiger partial charge < -0.3 is 67.0 Å². The van der Waals surface area contributed by atoms with Gasteiger partial charge in [-0.25, -0.2) is 9.59 Å². The van der Waals surface area contributed by atoms with Crippen LogP contribution in [0.25, 0.3) is 10.9 Å². The number of urea groups is 1. The average molecular weight is 1280 g/mol. The van der Waals surface area contributed by atoms with Gasteiger partial charge in [-0.15, -0.1) is 0 Å². The zero-order valence-electron chi connectivity index (χ0n) is 56.1. The van der Waals surface area contributed by atoms with E-state index in [0.29, 0.717) is 42.7 Å². The fourth-order valence-corrected chi connectivity index (χ4v) is 12.0. The molecule has 92 heavy (non-hydrogen) atoms. The van der Waals surface area contributed by atoms with Crippen molar-refractivity contribution in [2.24, 2.45) is 35.3 Å². The SMILES string of the molecule is CC[C@H](C)C([C@@H](CC(=O)N1CCC[C@H]1[C@H](OC)[C@@H](C)C(=O)NC(Cc1ccc(NC(=O)C(CCCNC(N)=O)NC(=O)[C@H](NC(=O)OCc2ccccc2)C(C)C)cc1)C(=O)Nc1cnc2ccccc2c1)OC)N(C)C(=O)C(NC(=O)[C@H](C(C)C)N(C)C)C(C)C. The molecule has 1 fully saturated rings. The van der Waals surface area contributed by atoms with Gasteiger partial charge in [-0.3, -0.25) is 43.4 Å². The minimum Gasteiger partial charge on any atom is -0.445 e. The van der Waals surface area contributed by atoms with E-state index in [1.165, 1.54) is 20.4 Å². The molecule has 504 valence electrons. The van der Waals surface area contributed by atoms with Gasteiger partial charge >= 0.3 is 12.1 Å². The zero-order chi connectivity index (χ0) is 67.9. The van der Waals surface area contributed by atoms with E-state index in [1.54, 1.807) is 80.1 Å². The molecule has 1 saturated heterocycles. The first-order chi connectivity index (χ1) is 43.7. The summed E-state index contributed by atoms with van der Waals surface area (Å²) in [6.07, 6.45) is 1.20. The number of fused-ring (bicyclic) bond motifs is 1. The Balaban J connectivity index is 1.34. The molecule has 11 atom stereocenters. The molecule has 24 heteroatoms. The lowest BCUT2D eigenvalue weighted by atomic mass is 9.89. The molecule has 24 nitrogen and oxygen atoms in total. The van der Waals surface area contributed by atoms with Gasteiger partial charge in [-0.05, 0) is 98.8 Å². The summed E-state index contributed by atoms with van der Waals surface area (Å²) >= 11 is 0. The highest BCUT2D eigenvalue weighted by Gasteiger charge is 2.44. The molecule has 1 aliphatic rings. The lowest BCUT2D eigenvalue weighted by Crippen LogP contribution is -2.59. The largest absolute Gasteiger partial charge is 0.445 e. The summed E-state index contributed by atoms with van der Waals surface area (Å²) in [6.45, 7) is 17.4. The second-order valence-electron chi connectivity index (χ2n) is 25.3. The number of amides is 10. The molecule has 0 aliphatic carbocycles. The second-order valence-corrected chi connectivity index (χ2v) is 25.3. The van der Waals surface area contributed by atoms with Crippen LogP contribution < -0.4 is 43.0 Å². The first-order valence-electron chi connectivity index (χ1n) is 31.9. The number of hydrogen-bond acceptors (Lipinski definition) is 14. The first kappa shape index (κ1) is 74.5. The number of nitrogens with one attached hydrogen (secondary N) is 7. The van der Waals surface area contributed by atoms with Gasteiger partial charge in [0, 0.05) is 51.9 Å². The number of ether oxygens (including phenoxy) is 3. The van der Waals surface area contributed by atoms with Crippen LogP contribution in [0.3, 0.4) is 0 Å². The Labute approximate surface area is 542 Å². The Hall–Kier alpha value is -8.22. The molecule has 0 bridgehead atoms. The van der Waals surface area contributed by atoms with Crippen molar-refractivity contribution in [3.05, 3.63) is 102 Å². The molecule has 1 aromatic heterocycles. The standard InChI is InChI=1S/C68H100N12O12/c1-15-43(8)59(79(12)66(87)57(41(4)5)76-65(86)58(42(6)7)78(10)11)54(90-13)37-55(81)80-34-22-28-53(80)60(91-14)44(9)61(82)75-52(63(84)73-49-36-47-25-19-20-26-50(47)71-38-49)35-45-29-31-48(32-30-45)72-62(83)51(27-21-33-70-67(69)88)74-64(85)56(40(2)3)77-68(89)92-39-46-23-17-16-18-24-46/h16-20,23-26,29-32,36,38,40-44,51-54,56-60H,15,21-22,27-28,33-35,37,39H2,1-14H3,(H,72,83)(H,73,84)(H,74,85)(H,75,82)(H,76,86)(H,77,89)(H3,69,70,88)/t43-,44+,51?,52?,53-,54+,56+,57?,58-,59?,60+/m0/s1. The number of likely N-dealkylation sites (tertiary alicyclic amines) is 1. The lowest BCUT2D eigenvalue weighted by Gasteiger charge is -2.41. The van der Waals surface area contributed by atoms with Crippen molar-refractivity contribution in [2.45, 2.75) is 168 Å². The second kappa shape index (κ2) is 36.1. The molecule has 0 radical (unpaired) electrons. The highest BCUT2D eigenvalue weighted by molar-refractivity contribution is 6.00. The van der Waals surface area contributed by atoms with Crippen LogP contribution in [0.5, 0.6) is 0 Å². The number of carbonyl (C=O) groups is 9. The lowest BCUT2D eigenvalue weighted by molar-refractivity contribution is -0.148. The van der Waals surface area contributed by atoms with Crippen molar-refractivity contribution in [3.63, 3.8) is 0 Å². The molecule has 10 amide bonds. The van der Waals surface area contributed by atoms with Crippen LogP contribution in [0.1, 0.15) is 112 Å². The molecule has 3 aromatic carbocycles. The summed E-state index contributed by atoms with van der Waals surface area (Å²) in [5.41, 5.74) is 8.08. The number of alkyl carbamates (subject to hydrolysis) is 1. The van der Waals surface area contributed by atoms with E-state index >= 15 is 0 Å². The highest BCUT2D eigenvalue weighted by Crippen LogP contribution is 2.30. The number of aromatic nitrogens is 1. The van der Waals surface area contributed by atoms with Crippen molar-refractivity contribution in [1.82, 2.24) is 46.3 Å². The van der Waals surface area contributed by atoms with Crippen LogP contribution in [0.15, 0.2) is 91.1 Å². The Kier molecular flexibility index (Phi) is 29.3. The van der Waals surface area contributed by atoms with Crippen LogP contribution in [0, 0.1) is 29.6 Å². The summed E-state index contributed by atoms with van der Waals surface area (Å²) in [5, 5.41) is 20.4. The smallest absolute Gasteiger partial charge is 0.408 e. The molecule has 5 rings (SSSR count). The normalized spacial score (nSPS) is 16.5. The number of nitrogens with zero attached hydrogens (tertiary/aromatic N) is 4. The first-order valence-corrected chi connectivity index (χ1v) is 31.9. The van der Waals surface area contributed by atoms with E-state index in [2.05, 4.69) is 42.2 Å². The summed E-state index contributed by atoms with van der Waals surface area (Å²) < 4.78 is 17.6. The van der Waals surface area contributed by atoms with Gasteiger partial charge in [0.25, 0.3) is 0 Å². The van der Waals surface area contributed by atoms with Crippen molar-refractivity contribution >= 4 is 75.8 Å². The van der Waals surface area contributed by atoms with Gasteiger partial charge in [0.05, 0.1) is 60.1 Å². The molecule has 4 unspecified atom stereocenters. The number of likely N-dealkylation sites (N-methyl/N-ethyl adjacent to an activating group) is 2. The monoisotopic (exact) mass is 1280 g/mol. The predicted molar refractivity (Wildman–Crippen MR) is 353 cm³/mol. The molecule has 0 spiro atoms. The van der Waals surface area contributed by atoms with Crippen molar-refractivity contribution in [2.75, 3.05) is 59.1 Å². The van der Waals surface area contributed by atoms with Gasteiger partial charge in [-0.2, -0.15) is 0 Å². The maximum atomic E-state index is 14.7. The number of hydrogen-bond donors (Lipinski definition) is 8. The Morgan fingerprint density at radius 3 is 1.92 bits per heavy atom. The minimum absolute atomic E-state index is 0.0113. The van der Waals surface area contributed by atoms with Gasteiger partial charge in [0.15, 0.2) is 0 Å². The zero-order valence-corrected chi connectivity index (χ0v) is 56.1. The molecular formula is C68H100N12O12. The van der Waals surface area contributed by atoms with Crippen LogP contribution >= 0.6 is 0 Å². The van der Waals surface area contributed by atoms with Crippen LogP contribution in [-0.2, 0) is 60.8 Å². The number of benzene rings is 3. The maximum absolute atomic E-state index is 14.7. The average Bonchev–Trinajstić information content (AvgIpc) is 1.49. The number of pyridine rings is 1. The number of methoxy groups -OCH3 is 2. The van der Waals surface area contributed by atoms with Crippen LogP contribution in [0.2, 0.25) is 0 Å². The molecule has 0 saturated carbocycles. The maximum Gasteiger partial charge on any atom is 0.408 e. The van der Waals surface area contributed by atoms with E-state index < -0.39 is 102 Å². The fraction of sp³-hybridized carbons (Fsp3) is 0.559. The summed E-state index contributed by atoms with van der Waals surface area (Å²) in [6, 6.07) is 18.3. The van der Waals surface area contributed by atoms with E-state index in [-0.39, 0.29) is 74.3 Å². The van der Waals surface area contributed by atoms with Crippen molar-refractivity contribution in [1.29, 1.82) is 0 Å². The third kappa shape index (κ3) is 21.4. The Bertz CT molecular complexity index is 3090. The molecule has 4 aromatic rings. The number of rotatable bonds is 34. The van der Waals surface area contributed by atoms with Gasteiger partial charge in [0.1, 0.15) is 30.8 Å². The van der Waals surface area contributed by atoms with Crippen molar-refractivity contribution < 1.29 is 57.4 Å². The molecule has 2 heterocycles. The molecular weight excluding hydrogens is 1180 g/mol. The quantitative estimate of drug-likeness (QED) is 0.0236. The number of anilines is 2. The minimum atomic E-state index is -1.17. The summed E-state index contributed by atoms with van der Waals surface area (Å²) in [7, 11) is 8.37.